The van der Waals surface area contributed by atoms with Crippen molar-refractivity contribution in [3.05, 3.63) is 12.0 Å². The van der Waals surface area contributed by atoms with E-state index in [2.05, 4.69) is 6.58 Å². The minimum absolute atomic E-state index is 0.140. The maximum atomic E-state index is 11.7. The molecule has 0 saturated heterocycles. The molecular formula is C10H16O3S. The molecule has 0 spiro atoms. The van der Waals surface area contributed by atoms with E-state index in [0.717, 1.165) is 18.2 Å². The number of hydrogen-bond donors (Lipinski definition) is 0. The molecule has 1 fully saturated rings. The Kier molecular flexibility index (Phi) is 2.86. The maximum absolute atomic E-state index is 11.7. The summed E-state index contributed by atoms with van der Waals surface area (Å²) in [5, 5.41) is 0.0673. The second-order valence-corrected chi connectivity index (χ2v) is 6.20. The van der Waals surface area contributed by atoms with Gasteiger partial charge in [-0.2, -0.15) is 0 Å². The highest BCUT2D eigenvalue weighted by Crippen LogP contribution is 2.44. The van der Waals surface area contributed by atoms with Gasteiger partial charge in [0.15, 0.2) is 15.6 Å². The molecule has 0 aromatic rings. The molecule has 0 aromatic carbocycles. The number of Topliss-reactive ketones (excluding diaryl/α,β-unsaturated/α-hetero) is 1. The first-order chi connectivity index (χ1) is 6.37. The van der Waals surface area contributed by atoms with E-state index >= 15 is 0 Å². The molecule has 0 radical (unpaired) electrons. The highest BCUT2D eigenvalue weighted by atomic mass is 32.2. The average molecular weight is 216 g/mol. The zero-order valence-corrected chi connectivity index (χ0v) is 9.43. The van der Waals surface area contributed by atoms with Gasteiger partial charge in [-0.1, -0.05) is 26.8 Å². The topological polar surface area (TPSA) is 51.2 Å². The lowest BCUT2D eigenvalue weighted by Gasteiger charge is -2.42. The van der Waals surface area contributed by atoms with Crippen LogP contribution in [0.2, 0.25) is 0 Å². The molecule has 3 nitrogen and oxygen atoms in total. The van der Waals surface area contributed by atoms with Crippen molar-refractivity contribution in [2.24, 2.45) is 5.41 Å². The third kappa shape index (κ3) is 1.63. The molecule has 14 heavy (non-hydrogen) atoms. The Morgan fingerprint density at radius 1 is 1.64 bits per heavy atom. The highest BCUT2D eigenvalue weighted by molar-refractivity contribution is 7.95. The van der Waals surface area contributed by atoms with Gasteiger partial charge in [-0.3, -0.25) is 4.79 Å². The first kappa shape index (κ1) is 11.4. The van der Waals surface area contributed by atoms with E-state index in [1.165, 1.54) is 0 Å². The maximum Gasteiger partial charge on any atom is 0.181 e. The fraction of sp³-hybridized carbons (Fsp3) is 0.700. The summed E-state index contributed by atoms with van der Waals surface area (Å²) in [6.45, 7) is 7.06. The Balaban J connectivity index is 2.79. The molecule has 1 aliphatic carbocycles. The zero-order chi connectivity index (χ0) is 11.0. The molecule has 2 atom stereocenters. The fourth-order valence-electron chi connectivity index (χ4n) is 2.02. The Bertz CT molecular complexity index is 356. The van der Waals surface area contributed by atoms with Crippen LogP contribution in [0.15, 0.2) is 12.0 Å². The van der Waals surface area contributed by atoms with Crippen LogP contribution in [-0.2, 0) is 14.6 Å². The molecule has 0 aromatic heterocycles. The van der Waals surface area contributed by atoms with Crippen molar-refractivity contribution >= 4 is 15.6 Å². The Labute approximate surface area is 85.1 Å². The Morgan fingerprint density at radius 2 is 2.21 bits per heavy atom. The van der Waals surface area contributed by atoms with Gasteiger partial charge in [0, 0.05) is 10.8 Å². The fourth-order valence-corrected chi connectivity index (χ4v) is 3.43. The van der Waals surface area contributed by atoms with Gasteiger partial charge >= 0.3 is 0 Å². The Morgan fingerprint density at radius 3 is 2.57 bits per heavy atom. The number of carbonyl (C=O) groups is 1. The highest BCUT2D eigenvalue weighted by Gasteiger charge is 2.53. The molecule has 1 saturated carbocycles. The monoisotopic (exact) mass is 216 g/mol. The van der Waals surface area contributed by atoms with Crippen LogP contribution < -0.4 is 0 Å². The zero-order valence-electron chi connectivity index (χ0n) is 8.62. The van der Waals surface area contributed by atoms with Crippen LogP contribution in [0.25, 0.3) is 0 Å². The van der Waals surface area contributed by atoms with Crippen LogP contribution in [0.1, 0.15) is 33.1 Å². The smallest absolute Gasteiger partial charge is 0.181 e. The molecule has 0 heterocycles. The van der Waals surface area contributed by atoms with Gasteiger partial charge in [0.05, 0.1) is 0 Å². The predicted octanol–water partition coefficient (Wildman–Crippen LogP) is 1.69. The van der Waals surface area contributed by atoms with Crippen molar-refractivity contribution in [3.8, 4) is 0 Å². The Hall–Kier alpha value is -0.640. The minimum atomic E-state index is -3.39. The third-order valence-corrected chi connectivity index (χ3v) is 4.59. The first-order valence-electron chi connectivity index (χ1n) is 4.78. The summed E-state index contributed by atoms with van der Waals surface area (Å²) >= 11 is 0. The molecule has 0 aliphatic heterocycles. The lowest BCUT2D eigenvalue weighted by atomic mass is 9.66. The molecule has 4 heteroatoms. The summed E-state index contributed by atoms with van der Waals surface area (Å²) in [6.07, 6.45) is 2.13. The van der Waals surface area contributed by atoms with Crippen LogP contribution in [0, 0.1) is 5.41 Å². The lowest BCUT2D eigenvalue weighted by Crippen LogP contribution is -2.53. The van der Waals surface area contributed by atoms with Crippen LogP contribution in [0.4, 0.5) is 0 Å². The molecule has 0 amide bonds. The SMILES string of the molecule is C=CS(=O)(=O)C1CC(C)(CCC)C1=O. The summed E-state index contributed by atoms with van der Waals surface area (Å²) in [5.74, 6) is -0.140. The largest absolute Gasteiger partial charge is 0.298 e. The predicted molar refractivity (Wildman–Crippen MR) is 55.5 cm³/mol. The van der Waals surface area contributed by atoms with E-state index in [-0.39, 0.29) is 5.78 Å². The van der Waals surface area contributed by atoms with Crippen molar-refractivity contribution in [3.63, 3.8) is 0 Å². The summed E-state index contributed by atoms with van der Waals surface area (Å²) in [5.41, 5.74) is -0.407. The molecule has 1 aliphatic rings. The standard InChI is InChI=1S/C10H16O3S/c1-4-6-10(3)7-8(9(10)11)14(12,13)5-2/h5,8H,2,4,6-7H2,1,3H3. The summed E-state index contributed by atoms with van der Waals surface area (Å²) in [4.78, 5) is 11.7. The van der Waals surface area contributed by atoms with Gasteiger partial charge in [-0.15, -0.1) is 0 Å². The van der Waals surface area contributed by atoms with Crippen molar-refractivity contribution in [2.45, 2.75) is 38.4 Å². The molecule has 0 N–H and O–H groups in total. The van der Waals surface area contributed by atoms with E-state index in [1.54, 1.807) is 0 Å². The normalized spacial score (nSPS) is 32.4. The first-order valence-corrected chi connectivity index (χ1v) is 6.39. The molecular weight excluding hydrogens is 200 g/mol. The lowest BCUT2D eigenvalue weighted by molar-refractivity contribution is -0.136. The van der Waals surface area contributed by atoms with E-state index in [0.29, 0.717) is 6.42 Å². The second-order valence-electron chi connectivity index (χ2n) is 4.12. The van der Waals surface area contributed by atoms with Gasteiger partial charge in [-0.25, -0.2) is 8.42 Å². The van der Waals surface area contributed by atoms with Crippen LogP contribution in [-0.4, -0.2) is 19.5 Å². The summed E-state index contributed by atoms with van der Waals surface area (Å²) < 4.78 is 22.7. The van der Waals surface area contributed by atoms with Gasteiger partial charge in [0.25, 0.3) is 0 Å². The van der Waals surface area contributed by atoms with E-state index in [4.69, 9.17) is 0 Å². The number of ketones is 1. The number of carbonyl (C=O) groups excluding carboxylic acids is 1. The molecule has 1 rings (SSSR count). The van der Waals surface area contributed by atoms with Crippen LogP contribution in [0.5, 0.6) is 0 Å². The molecule has 0 bridgehead atoms. The van der Waals surface area contributed by atoms with E-state index < -0.39 is 20.5 Å². The number of rotatable bonds is 4. The van der Waals surface area contributed by atoms with E-state index in [1.807, 2.05) is 13.8 Å². The van der Waals surface area contributed by atoms with Gasteiger partial charge in [-0.05, 0) is 12.8 Å². The van der Waals surface area contributed by atoms with Crippen molar-refractivity contribution in [1.29, 1.82) is 0 Å². The van der Waals surface area contributed by atoms with Crippen LogP contribution in [0.3, 0.4) is 0 Å². The summed E-state index contributed by atoms with van der Waals surface area (Å²) in [7, 11) is -3.39. The summed E-state index contributed by atoms with van der Waals surface area (Å²) in [6, 6.07) is 0. The van der Waals surface area contributed by atoms with Gasteiger partial charge in [0.2, 0.25) is 0 Å². The van der Waals surface area contributed by atoms with Gasteiger partial charge < -0.3 is 0 Å². The van der Waals surface area contributed by atoms with Crippen molar-refractivity contribution in [1.82, 2.24) is 0 Å². The van der Waals surface area contributed by atoms with Crippen LogP contribution >= 0.6 is 0 Å². The van der Waals surface area contributed by atoms with Gasteiger partial charge in [0.1, 0.15) is 5.25 Å². The third-order valence-electron chi connectivity index (χ3n) is 2.95. The van der Waals surface area contributed by atoms with Crippen molar-refractivity contribution < 1.29 is 13.2 Å². The quantitative estimate of drug-likeness (QED) is 0.718. The average Bonchev–Trinajstić information content (AvgIpc) is 2.14. The second kappa shape index (κ2) is 3.50. The molecule has 2 unspecified atom stereocenters. The number of sulfone groups is 1. The number of hydrogen-bond acceptors (Lipinski definition) is 3. The minimum Gasteiger partial charge on any atom is -0.298 e. The van der Waals surface area contributed by atoms with E-state index in [9.17, 15) is 13.2 Å². The molecule has 80 valence electrons. The van der Waals surface area contributed by atoms with Crippen molar-refractivity contribution in [2.75, 3.05) is 0 Å².